The standard InChI is InChI=1S/C10H8FNO2S/c1-2-14-10(13)8-6(5-12)3-4-7(15)9(8)11/h3-4,15H,2H2,1H3. The van der Waals surface area contributed by atoms with Crippen LogP contribution < -0.4 is 0 Å². The van der Waals surface area contributed by atoms with Crippen LogP contribution in [0.25, 0.3) is 0 Å². The van der Waals surface area contributed by atoms with Crippen molar-refractivity contribution in [1.29, 1.82) is 5.26 Å². The summed E-state index contributed by atoms with van der Waals surface area (Å²) in [4.78, 5) is 11.4. The van der Waals surface area contributed by atoms with Gasteiger partial charge in [0.2, 0.25) is 0 Å². The van der Waals surface area contributed by atoms with Crippen LogP contribution in [0.3, 0.4) is 0 Å². The molecule has 15 heavy (non-hydrogen) atoms. The van der Waals surface area contributed by atoms with Crippen molar-refractivity contribution in [3.05, 3.63) is 29.1 Å². The fraction of sp³-hybridized carbons (Fsp3) is 0.200. The van der Waals surface area contributed by atoms with Gasteiger partial charge in [0.25, 0.3) is 0 Å². The molecule has 0 radical (unpaired) electrons. The molecule has 0 aliphatic carbocycles. The van der Waals surface area contributed by atoms with Crippen LogP contribution in [0.5, 0.6) is 0 Å². The minimum atomic E-state index is -0.845. The molecular formula is C10H8FNO2S. The predicted octanol–water partition coefficient (Wildman–Crippen LogP) is 2.16. The molecule has 5 heteroatoms. The molecule has 0 saturated heterocycles. The number of nitriles is 1. The molecule has 0 amide bonds. The third-order valence-corrected chi connectivity index (χ3v) is 2.07. The van der Waals surface area contributed by atoms with E-state index in [4.69, 9.17) is 5.26 Å². The van der Waals surface area contributed by atoms with Gasteiger partial charge >= 0.3 is 5.97 Å². The molecule has 0 aliphatic heterocycles. The maximum absolute atomic E-state index is 13.5. The molecule has 0 unspecified atom stereocenters. The van der Waals surface area contributed by atoms with Crippen LogP contribution in [0.1, 0.15) is 22.8 Å². The molecule has 0 atom stereocenters. The predicted molar refractivity (Wildman–Crippen MR) is 54.3 cm³/mol. The van der Waals surface area contributed by atoms with E-state index in [1.165, 1.54) is 12.1 Å². The second kappa shape index (κ2) is 4.80. The van der Waals surface area contributed by atoms with Crippen molar-refractivity contribution in [2.24, 2.45) is 0 Å². The van der Waals surface area contributed by atoms with Gasteiger partial charge in [-0.2, -0.15) is 5.26 Å². The van der Waals surface area contributed by atoms with E-state index < -0.39 is 11.8 Å². The highest BCUT2D eigenvalue weighted by Crippen LogP contribution is 2.21. The molecule has 3 nitrogen and oxygen atoms in total. The lowest BCUT2D eigenvalue weighted by molar-refractivity contribution is 0.0520. The SMILES string of the molecule is CCOC(=O)c1c(C#N)ccc(S)c1F. The summed E-state index contributed by atoms with van der Waals surface area (Å²) in [6.07, 6.45) is 0. The molecule has 0 bridgehead atoms. The lowest BCUT2D eigenvalue weighted by atomic mass is 10.1. The van der Waals surface area contributed by atoms with Gasteiger partial charge in [0, 0.05) is 4.90 Å². The van der Waals surface area contributed by atoms with Gasteiger partial charge in [-0.05, 0) is 19.1 Å². The lowest BCUT2D eigenvalue weighted by Crippen LogP contribution is -2.10. The first-order valence-corrected chi connectivity index (χ1v) is 4.65. The third kappa shape index (κ3) is 2.28. The number of carbonyl (C=O) groups excluding carboxylic acids is 1. The Balaban J connectivity index is 3.31. The van der Waals surface area contributed by atoms with Gasteiger partial charge in [0.05, 0.1) is 12.2 Å². The van der Waals surface area contributed by atoms with Crippen LogP contribution >= 0.6 is 12.6 Å². The number of hydrogen-bond donors (Lipinski definition) is 1. The lowest BCUT2D eigenvalue weighted by Gasteiger charge is -2.06. The summed E-state index contributed by atoms with van der Waals surface area (Å²) in [5.74, 6) is -1.67. The number of halogens is 1. The Morgan fingerprint density at radius 2 is 2.33 bits per heavy atom. The Labute approximate surface area is 91.9 Å². The first-order chi connectivity index (χ1) is 7.11. The van der Waals surface area contributed by atoms with E-state index in [0.29, 0.717) is 0 Å². The topological polar surface area (TPSA) is 50.1 Å². The highest BCUT2D eigenvalue weighted by Gasteiger charge is 2.19. The van der Waals surface area contributed by atoms with E-state index in [2.05, 4.69) is 17.4 Å². The van der Waals surface area contributed by atoms with Crippen LogP contribution in [-0.4, -0.2) is 12.6 Å². The van der Waals surface area contributed by atoms with Crippen molar-refractivity contribution in [2.75, 3.05) is 6.61 Å². The summed E-state index contributed by atoms with van der Waals surface area (Å²) in [7, 11) is 0. The van der Waals surface area contributed by atoms with E-state index >= 15 is 0 Å². The molecular weight excluding hydrogens is 217 g/mol. The van der Waals surface area contributed by atoms with Crippen LogP contribution in [-0.2, 0) is 4.74 Å². The maximum atomic E-state index is 13.5. The summed E-state index contributed by atoms with van der Waals surface area (Å²) in [5.41, 5.74) is -0.407. The zero-order valence-corrected chi connectivity index (χ0v) is 8.85. The first-order valence-electron chi connectivity index (χ1n) is 4.20. The van der Waals surface area contributed by atoms with Crippen LogP contribution in [0.2, 0.25) is 0 Å². The molecule has 1 rings (SSSR count). The molecule has 1 aromatic rings. The van der Waals surface area contributed by atoms with E-state index in [9.17, 15) is 9.18 Å². The normalized spacial score (nSPS) is 9.47. The first kappa shape index (κ1) is 11.5. The van der Waals surface area contributed by atoms with Crippen molar-refractivity contribution in [2.45, 2.75) is 11.8 Å². The zero-order valence-electron chi connectivity index (χ0n) is 7.95. The highest BCUT2D eigenvalue weighted by molar-refractivity contribution is 7.80. The second-order valence-electron chi connectivity index (χ2n) is 2.65. The van der Waals surface area contributed by atoms with E-state index in [1.54, 1.807) is 13.0 Å². The minimum Gasteiger partial charge on any atom is -0.462 e. The Kier molecular flexibility index (Phi) is 3.69. The Morgan fingerprint density at radius 3 is 2.87 bits per heavy atom. The summed E-state index contributed by atoms with van der Waals surface area (Å²) >= 11 is 3.82. The van der Waals surface area contributed by atoms with Gasteiger partial charge in [0.15, 0.2) is 5.82 Å². The summed E-state index contributed by atoms with van der Waals surface area (Å²) in [5, 5.41) is 8.70. The monoisotopic (exact) mass is 225 g/mol. The summed E-state index contributed by atoms with van der Waals surface area (Å²) < 4.78 is 18.1. The van der Waals surface area contributed by atoms with Gasteiger partial charge in [0.1, 0.15) is 11.6 Å². The quantitative estimate of drug-likeness (QED) is 0.619. The molecule has 0 fully saturated rings. The average molecular weight is 225 g/mol. The second-order valence-corrected chi connectivity index (χ2v) is 3.14. The van der Waals surface area contributed by atoms with Gasteiger partial charge in [-0.1, -0.05) is 0 Å². The fourth-order valence-electron chi connectivity index (χ4n) is 1.06. The minimum absolute atomic E-state index is 0.0112. The molecule has 0 saturated carbocycles. The van der Waals surface area contributed by atoms with E-state index in [-0.39, 0.29) is 22.6 Å². The maximum Gasteiger partial charge on any atom is 0.342 e. The molecule has 1 aromatic carbocycles. The molecule has 0 aliphatic rings. The average Bonchev–Trinajstić information content (AvgIpc) is 2.22. The number of thiol groups is 1. The van der Waals surface area contributed by atoms with Crippen molar-refractivity contribution >= 4 is 18.6 Å². The van der Waals surface area contributed by atoms with E-state index in [1.807, 2.05) is 0 Å². The number of nitrogens with zero attached hydrogens (tertiary/aromatic N) is 1. The number of esters is 1. The smallest absolute Gasteiger partial charge is 0.342 e. The number of carbonyl (C=O) groups is 1. The van der Waals surface area contributed by atoms with Crippen molar-refractivity contribution < 1.29 is 13.9 Å². The Bertz CT molecular complexity index is 440. The van der Waals surface area contributed by atoms with Crippen molar-refractivity contribution in [1.82, 2.24) is 0 Å². The highest BCUT2D eigenvalue weighted by atomic mass is 32.1. The molecule has 0 heterocycles. The van der Waals surface area contributed by atoms with Crippen LogP contribution in [0.4, 0.5) is 4.39 Å². The third-order valence-electron chi connectivity index (χ3n) is 1.72. The van der Waals surface area contributed by atoms with Gasteiger partial charge in [-0.25, -0.2) is 9.18 Å². The largest absolute Gasteiger partial charge is 0.462 e. The van der Waals surface area contributed by atoms with Gasteiger partial charge in [-0.3, -0.25) is 0 Å². The van der Waals surface area contributed by atoms with Crippen molar-refractivity contribution in [3.8, 4) is 6.07 Å². The molecule has 78 valence electrons. The van der Waals surface area contributed by atoms with Gasteiger partial charge in [-0.15, -0.1) is 12.6 Å². The molecule has 0 N–H and O–H groups in total. The van der Waals surface area contributed by atoms with Gasteiger partial charge < -0.3 is 4.74 Å². The van der Waals surface area contributed by atoms with Crippen LogP contribution in [0.15, 0.2) is 17.0 Å². The number of benzene rings is 1. The van der Waals surface area contributed by atoms with Crippen LogP contribution in [0, 0.1) is 17.1 Å². The fourth-order valence-corrected chi connectivity index (χ4v) is 1.25. The number of ether oxygens (including phenoxy) is 1. The molecule has 0 spiro atoms. The number of hydrogen-bond acceptors (Lipinski definition) is 4. The zero-order chi connectivity index (χ0) is 11.4. The van der Waals surface area contributed by atoms with Crippen molar-refractivity contribution in [3.63, 3.8) is 0 Å². The van der Waals surface area contributed by atoms with E-state index in [0.717, 1.165) is 0 Å². The Hall–Kier alpha value is -1.54. The summed E-state index contributed by atoms with van der Waals surface area (Å²) in [6, 6.07) is 4.38. The molecule has 0 aromatic heterocycles. The number of rotatable bonds is 2. The Morgan fingerprint density at radius 1 is 1.67 bits per heavy atom. The summed E-state index contributed by atoms with van der Waals surface area (Å²) in [6.45, 7) is 1.73.